The van der Waals surface area contributed by atoms with Crippen LogP contribution in [0, 0.1) is 0 Å². The van der Waals surface area contributed by atoms with Gasteiger partial charge in [0.05, 0.1) is 14.2 Å². The van der Waals surface area contributed by atoms with E-state index in [1.54, 1.807) is 26.5 Å². The molecule has 20 heavy (non-hydrogen) atoms. The first kappa shape index (κ1) is 13.9. The Labute approximate surface area is 117 Å². The maximum atomic E-state index is 11.4. The van der Waals surface area contributed by atoms with Crippen LogP contribution >= 0.6 is 0 Å². The Morgan fingerprint density at radius 1 is 1.15 bits per heavy atom. The Morgan fingerprint density at radius 3 is 2.55 bits per heavy atom. The van der Waals surface area contributed by atoms with Crippen molar-refractivity contribution in [1.82, 2.24) is 4.98 Å². The first-order valence-electron chi connectivity index (χ1n) is 6.11. The number of ether oxygens (including phenoxy) is 2. The predicted octanol–water partition coefficient (Wildman–Crippen LogP) is 1.79. The topological polar surface area (TPSA) is 74.4 Å². The third-order valence-electron chi connectivity index (χ3n) is 2.99. The fraction of sp³-hybridized carbons (Fsp3) is 0.200. The smallest absolute Gasteiger partial charge is 0.267 e. The molecule has 5 nitrogen and oxygen atoms in total. The molecule has 0 spiro atoms. The third kappa shape index (κ3) is 2.71. The van der Waals surface area contributed by atoms with Gasteiger partial charge in [-0.1, -0.05) is 18.2 Å². The second kappa shape index (κ2) is 6.06. The van der Waals surface area contributed by atoms with Crippen LogP contribution in [0.4, 0.5) is 0 Å². The molecule has 0 fully saturated rings. The average molecular weight is 272 g/mol. The van der Waals surface area contributed by atoms with E-state index in [0.29, 0.717) is 17.9 Å². The molecule has 5 heteroatoms. The molecule has 0 saturated carbocycles. The highest BCUT2D eigenvalue weighted by molar-refractivity contribution is 5.92. The Balaban J connectivity index is 2.43. The molecule has 0 bridgehead atoms. The molecule has 2 rings (SSSR count). The number of carbonyl (C=O) groups is 1. The maximum Gasteiger partial charge on any atom is 0.267 e. The van der Waals surface area contributed by atoms with Gasteiger partial charge in [0.2, 0.25) is 0 Å². The van der Waals surface area contributed by atoms with E-state index in [1.807, 2.05) is 24.3 Å². The number of nitrogens with zero attached hydrogens (tertiary/aromatic N) is 1. The van der Waals surface area contributed by atoms with Crippen LogP contribution in [0.1, 0.15) is 21.6 Å². The van der Waals surface area contributed by atoms with Crippen molar-refractivity contribution < 1.29 is 14.3 Å². The van der Waals surface area contributed by atoms with Gasteiger partial charge >= 0.3 is 0 Å². The van der Waals surface area contributed by atoms with E-state index >= 15 is 0 Å². The third-order valence-corrected chi connectivity index (χ3v) is 2.99. The van der Waals surface area contributed by atoms with Gasteiger partial charge in [-0.2, -0.15) is 0 Å². The molecule has 104 valence electrons. The lowest BCUT2D eigenvalue weighted by Crippen LogP contribution is -2.16. The Morgan fingerprint density at radius 2 is 1.90 bits per heavy atom. The second-order valence-electron chi connectivity index (χ2n) is 4.20. The molecule has 2 aromatic rings. The van der Waals surface area contributed by atoms with Gasteiger partial charge in [0, 0.05) is 18.2 Å². The van der Waals surface area contributed by atoms with Crippen molar-refractivity contribution in [2.24, 2.45) is 5.73 Å². The van der Waals surface area contributed by atoms with Crippen LogP contribution in [-0.2, 0) is 6.42 Å². The highest BCUT2D eigenvalue weighted by Gasteiger charge is 2.14. The quantitative estimate of drug-likeness (QED) is 0.900. The van der Waals surface area contributed by atoms with Crippen LogP contribution in [0.15, 0.2) is 36.5 Å². The number of hydrogen-bond acceptors (Lipinski definition) is 4. The number of nitrogens with two attached hydrogens (primary N) is 1. The van der Waals surface area contributed by atoms with Crippen LogP contribution in [-0.4, -0.2) is 25.1 Å². The van der Waals surface area contributed by atoms with Gasteiger partial charge in [-0.15, -0.1) is 0 Å². The lowest BCUT2D eigenvalue weighted by Gasteiger charge is -2.13. The molecule has 0 aliphatic rings. The molecule has 1 aromatic heterocycles. The number of carbonyl (C=O) groups excluding carboxylic acids is 1. The molecule has 0 saturated heterocycles. The zero-order chi connectivity index (χ0) is 14.5. The normalized spacial score (nSPS) is 10.1. The highest BCUT2D eigenvalue weighted by atomic mass is 16.5. The number of pyridine rings is 1. The SMILES string of the molecule is COc1cccc(Cc2cccnc2C(N)=O)c1OC. The number of amides is 1. The van der Waals surface area contributed by atoms with E-state index in [4.69, 9.17) is 15.2 Å². The monoisotopic (exact) mass is 272 g/mol. The molecule has 0 unspecified atom stereocenters. The molecule has 2 N–H and O–H groups in total. The minimum atomic E-state index is -0.539. The molecular weight excluding hydrogens is 256 g/mol. The minimum Gasteiger partial charge on any atom is -0.493 e. The summed E-state index contributed by atoms with van der Waals surface area (Å²) in [6.07, 6.45) is 2.04. The molecule has 1 amide bonds. The summed E-state index contributed by atoms with van der Waals surface area (Å²) >= 11 is 0. The molecule has 0 aliphatic heterocycles. The first-order valence-corrected chi connectivity index (χ1v) is 6.11. The fourth-order valence-corrected chi connectivity index (χ4v) is 2.10. The summed E-state index contributed by atoms with van der Waals surface area (Å²) in [6, 6.07) is 9.21. The number of hydrogen-bond donors (Lipinski definition) is 1. The zero-order valence-electron chi connectivity index (χ0n) is 11.4. The van der Waals surface area contributed by atoms with E-state index in [-0.39, 0.29) is 5.69 Å². The van der Waals surface area contributed by atoms with Gasteiger partial charge < -0.3 is 15.2 Å². The first-order chi connectivity index (χ1) is 9.67. The van der Waals surface area contributed by atoms with E-state index in [0.717, 1.165) is 11.1 Å². The fourth-order valence-electron chi connectivity index (χ4n) is 2.10. The van der Waals surface area contributed by atoms with Crippen molar-refractivity contribution in [3.63, 3.8) is 0 Å². The minimum absolute atomic E-state index is 0.275. The van der Waals surface area contributed by atoms with Crippen LogP contribution < -0.4 is 15.2 Å². The molecular formula is C15H16N2O3. The van der Waals surface area contributed by atoms with Crippen molar-refractivity contribution in [2.75, 3.05) is 14.2 Å². The lowest BCUT2D eigenvalue weighted by atomic mass is 10.0. The van der Waals surface area contributed by atoms with E-state index in [1.165, 1.54) is 0 Å². The van der Waals surface area contributed by atoms with Gasteiger partial charge in [0.25, 0.3) is 5.91 Å². The van der Waals surface area contributed by atoms with Gasteiger partial charge in [-0.25, -0.2) is 0 Å². The van der Waals surface area contributed by atoms with Crippen LogP contribution in [0.2, 0.25) is 0 Å². The Bertz CT molecular complexity index is 626. The molecule has 0 aliphatic carbocycles. The number of methoxy groups -OCH3 is 2. The summed E-state index contributed by atoms with van der Waals surface area (Å²) in [5.41, 5.74) is 7.27. The van der Waals surface area contributed by atoms with Crippen LogP contribution in [0.3, 0.4) is 0 Å². The van der Waals surface area contributed by atoms with Crippen molar-refractivity contribution in [1.29, 1.82) is 0 Å². The number of benzene rings is 1. The second-order valence-corrected chi connectivity index (χ2v) is 4.20. The van der Waals surface area contributed by atoms with E-state index < -0.39 is 5.91 Å². The number of primary amides is 1. The van der Waals surface area contributed by atoms with Gasteiger partial charge in [-0.3, -0.25) is 9.78 Å². The predicted molar refractivity (Wildman–Crippen MR) is 75.1 cm³/mol. The molecule has 0 atom stereocenters. The van der Waals surface area contributed by atoms with Crippen molar-refractivity contribution in [3.05, 3.63) is 53.3 Å². The Kier molecular flexibility index (Phi) is 4.20. The number of aromatic nitrogens is 1. The standard InChI is InChI=1S/C15H16N2O3/c1-19-12-7-3-5-11(14(12)20-2)9-10-6-4-8-17-13(10)15(16)18/h3-8H,9H2,1-2H3,(H2,16,18). The van der Waals surface area contributed by atoms with Gasteiger partial charge in [-0.05, 0) is 17.7 Å². The van der Waals surface area contributed by atoms with Crippen molar-refractivity contribution in [2.45, 2.75) is 6.42 Å². The van der Waals surface area contributed by atoms with Gasteiger partial charge in [0.1, 0.15) is 5.69 Å². The summed E-state index contributed by atoms with van der Waals surface area (Å²) in [4.78, 5) is 15.4. The molecule has 1 aromatic carbocycles. The molecule has 1 heterocycles. The summed E-state index contributed by atoms with van der Waals surface area (Å²) in [7, 11) is 3.17. The van der Waals surface area contributed by atoms with Crippen molar-refractivity contribution in [3.8, 4) is 11.5 Å². The van der Waals surface area contributed by atoms with Crippen molar-refractivity contribution >= 4 is 5.91 Å². The number of rotatable bonds is 5. The summed E-state index contributed by atoms with van der Waals surface area (Å²) in [6.45, 7) is 0. The zero-order valence-corrected chi connectivity index (χ0v) is 11.4. The maximum absolute atomic E-state index is 11.4. The largest absolute Gasteiger partial charge is 0.493 e. The van der Waals surface area contributed by atoms with Crippen LogP contribution in [0.5, 0.6) is 11.5 Å². The average Bonchev–Trinajstić information content (AvgIpc) is 2.47. The van der Waals surface area contributed by atoms with Gasteiger partial charge in [0.15, 0.2) is 11.5 Å². The van der Waals surface area contributed by atoms with Crippen LogP contribution in [0.25, 0.3) is 0 Å². The summed E-state index contributed by atoms with van der Waals surface area (Å²) in [5.74, 6) is 0.756. The summed E-state index contributed by atoms with van der Waals surface area (Å²) in [5, 5.41) is 0. The lowest BCUT2D eigenvalue weighted by molar-refractivity contribution is 0.0994. The van der Waals surface area contributed by atoms with E-state index in [2.05, 4.69) is 4.98 Å². The highest BCUT2D eigenvalue weighted by Crippen LogP contribution is 2.32. The summed E-state index contributed by atoms with van der Waals surface area (Å²) < 4.78 is 10.6. The molecule has 0 radical (unpaired) electrons. The Hall–Kier alpha value is -2.56. The van der Waals surface area contributed by atoms with E-state index in [9.17, 15) is 4.79 Å². The number of para-hydroxylation sites is 1.